The number of rotatable bonds is 2. The highest BCUT2D eigenvalue weighted by molar-refractivity contribution is 5.79. The van der Waals surface area contributed by atoms with Gasteiger partial charge in [0.25, 0.3) is 0 Å². The van der Waals surface area contributed by atoms with Crippen molar-refractivity contribution >= 4 is 5.91 Å². The fourth-order valence-corrected chi connectivity index (χ4v) is 2.08. The van der Waals surface area contributed by atoms with Crippen LogP contribution in [-0.2, 0) is 4.79 Å². The van der Waals surface area contributed by atoms with E-state index in [1.165, 1.54) is 19.3 Å². The van der Waals surface area contributed by atoms with Crippen LogP contribution in [0.4, 0.5) is 0 Å². The van der Waals surface area contributed by atoms with Crippen LogP contribution < -0.4 is 5.32 Å². The minimum absolute atomic E-state index is 0.0750. The second-order valence-electron chi connectivity index (χ2n) is 4.40. The first kappa shape index (κ1) is 12.0. The minimum atomic E-state index is -0.358. The molecule has 3 heteroatoms. The van der Waals surface area contributed by atoms with Crippen LogP contribution in [0.5, 0.6) is 0 Å². The van der Waals surface area contributed by atoms with E-state index < -0.39 is 0 Å². The molecule has 1 fully saturated rings. The molecule has 0 heterocycles. The molecule has 0 saturated heterocycles. The quantitative estimate of drug-likeness (QED) is 0.757. The van der Waals surface area contributed by atoms with E-state index >= 15 is 0 Å². The van der Waals surface area contributed by atoms with Gasteiger partial charge in [-0.2, -0.15) is 5.26 Å². The molecule has 1 aliphatic rings. The summed E-state index contributed by atoms with van der Waals surface area (Å²) in [5, 5.41) is 11.4. The fraction of sp³-hybridized carbons (Fsp3) is 0.833. The van der Waals surface area contributed by atoms with Gasteiger partial charge in [-0.15, -0.1) is 0 Å². The van der Waals surface area contributed by atoms with Crippen molar-refractivity contribution < 1.29 is 4.79 Å². The Bertz CT molecular complexity index is 236. The Balaban J connectivity index is 2.39. The lowest BCUT2D eigenvalue weighted by molar-refractivity contribution is -0.125. The van der Waals surface area contributed by atoms with Gasteiger partial charge in [0.1, 0.15) is 6.04 Å². The number of nitrogens with one attached hydrogen (secondary N) is 1. The number of nitrogens with zero attached hydrogens (tertiary/aromatic N) is 1. The zero-order valence-corrected chi connectivity index (χ0v) is 9.46. The molecule has 0 aromatic carbocycles. The molecule has 15 heavy (non-hydrogen) atoms. The highest BCUT2D eigenvalue weighted by Gasteiger charge is 2.20. The molecule has 3 nitrogen and oxygen atoms in total. The number of nitriles is 1. The van der Waals surface area contributed by atoms with E-state index in [0.29, 0.717) is 0 Å². The predicted molar refractivity (Wildman–Crippen MR) is 59.0 cm³/mol. The molecule has 0 aromatic rings. The third kappa shape index (κ3) is 4.33. The SMILES string of the molecule is CC(C#N)NC(=O)C1CCCCCCC1. The summed E-state index contributed by atoms with van der Waals surface area (Å²) in [7, 11) is 0. The molecule has 1 saturated carbocycles. The Morgan fingerprint density at radius 3 is 2.33 bits per heavy atom. The Morgan fingerprint density at radius 1 is 1.27 bits per heavy atom. The second kappa shape index (κ2) is 6.44. The molecule has 0 aromatic heterocycles. The van der Waals surface area contributed by atoms with Gasteiger partial charge in [-0.05, 0) is 19.8 Å². The molecule has 1 aliphatic carbocycles. The van der Waals surface area contributed by atoms with Gasteiger partial charge in [0.2, 0.25) is 5.91 Å². The van der Waals surface area contributed by atoms with Crippen molar-refractivity contribution in [3.05, 3.63) is 0 Å². The summed E-state index contributed by atoms with van der Waals surface area (Å²) in [6.45, 7) is 1.72. The summed E-state index contributed by atoms with van der Waals surface area (Å²) in [6, 6.07) is 1.67. The third-order valence-electron chi connectivity index (χ3n) is 3.03. The molecule has 84 valence electrons. The van der Waals surface area contributed by atoms with Gasteiger partial charge in [-0.3, -0.25) is 4.79 Å². The number of amides is 1. The van der Waals surface area contributed by atoms with E-state index in [-0.39, 0.29) is 17.9 Å². The molecule has 0 spiro atoms. The molecule has 1 rings (SSSR count). The lowest BCUT2D eigenvalue weighted by Crippen LogP contribution is -2.36. The Labute approximate surface area is 91.9 Å². The van der Waals surface area contributed by atoms with Crippen LogP contribution >= 0.6 is 0 Å². The highest BCUT2D eigenvalue weighted by Crippen LogP contribution is 2.22. The molecule has 1 atom stereocenters. The van der Waals surface area contributed by atoms with Crippen LogP contribution in [0.3, 0.4) is 0 Å². The standard InChI is InChI=1S/C12H20N2O/c1-10(9-13)14-12(15)11-7-5-3-2-4-6-8-11/h10-11H,2-8H2,1H3,(H,14,15). The third-order valence-corrected chi connectivity index (χ3v) is 3.03. The van der Waals surface area contributed by atoms with Crippen LogP contribution in [0.25, 0.3) is 0 Å². The molecule has 1 N–H and O–H groups in total. The molecule has 0 radical (unpaired) electrons. The van der Waals surface area contributed by atoms with Gasteiger partial charge >= 0.3 is 0 Å². The minimum Gasteiger partial charge on any atom is -0.340 e. The summed E-state index contributed by atoms with van der Waals surface area (Å²) in [4.78, 5) is 11.8. The van der Waals surface area contributed by atoms with Crippen molar-refractivity contribution in [1.29, 1.82) is 5.26 Å². The molecule has 0 bridgehead atoms. The topological polar surface area (TPSA) is 52.9 Å². The summed E-state index contributed by atoms with van der Waals surface area (Å²) in [6.07, 6.45) is 8.09. The predicted octanol–water partition coefficient (Wildman–Crippen LogP) is 2.38. The largest absolute Gasteiger partial charge is 0.340 e. The van der Waals surface area contributed by atoms with Crippen molar-refractivity contribution in [3.63, 3.8) is 0 Å². The summed E-state index contributed by atoms with van der Waals surface area (Å²) in [5.74, 6) is 0.215. The number of carbonyl (C=O) groups excluding carboxylic acids is 1. The molecule has 1 unspecified atom stereocenters. The van der Waals surface area contributed by atoms with Gasteiger partial charge < -0.3 is 5.32 Å². The summed E-state index contributed by atoms with van der Waals surface area (Å²) < 4.78 is 0. The maximum Gasteiger partial charge on any atom is 0.224 e. The first-order chi connectivity index (χ1) is 7.24. The number of hydrogen-bond acceptors (Lipinski definition) is 2. The Morgan fingerprint density at radius 2 is 1.80 bits per heavy atom. The fourth-order valence-electron chi connectivity index (χ4n) is 2.08. The van der Waals surface area contributed by atoms with Crippen LogP contribution in [0.15, 0.2) is 0 Å². The maximum atomic E-state index is 11.8. The zero-order valence-electron chi connectivity index (χ0n) is 9.46. The summed E-state index contributed by atoms with van der Waals surface area (Å²) >= 11 is 0. The van der Waals surface area contributed by atoms with Crippen LogP contribution in [0, 0.1) is 17.2 Å². The first-order valence-electron chi connectivity index (χ1n) is 5.94. The highest BCUT2D eigenvalue weighted by atomic mass is 16.1. The molecule has 1 amide bonds. The average molecular weight is 208 g/mol. The summed E-state index contributed by atoms with van der Waals surface area (Å²) in [5.41, 5.74) is 0. The van der Waals surface area contributed by atoms with Crippen LogP contribution in [-0.4, -0.2) is 11.9 Å². The lowest BCUT2D eigenvalue weighted by Gasteiger charge is -2.19. The van der Waals surface area contributed by atoms with Crippen molar-refractivity contribution in [2.45, 2.75) is 57.9 Å². The van der Waals surface area contributed by atoms with Crippen molar-refractivity contribution in [2.24, 2.45) is 5.92 Å². The van der Waals surface area contributed by atoms with E-state index in [2.05, 4.69) is 5.32 Å². The molecular weight excluding hydrogens is 188 g/mol. The van der Waals surface area contributed by atoms with Gasteiger partial charge in [0, 0.05) is 5.92 Å². The van der Waals surface area contributed by atoms with Crippen molar-refractivity contribution in [3.8, 4) is 6.07 Å². The van der Waals surface area contributed by atoms with Gasteiger partial charge in [0.05, 0.1) is 6.07 Å². The van der Waals surface area contributed by atoms with Crippen LogP contribution in [0.1, 0.15) is 51.9 Å². The van der Waals surface area contributed by atoms with E-state index in [1.807, 2.05) is 6.07 Å². The number of hydrogen-bond donors (Lipinski definition) is 1. The monoisotopic (exact) mass is 208 g/mol. The van der Waals surface area contributed by atoms with E-state index in [9.17, 15) is 4.79 Å². The number of carbonyl (C=O) groups is 1. The van der Waals surface area contributed by atoms with Crippen molar-refractivity contribution in [2.75, 3.05) is 0 Å². The van der Waals surface area contributed by atoms with E-state index in [1.54, 1.807) is 6.92 Å². The van der Waals surface area contributed by atoms with Crippen molar-refractivity contribution in [1.82, 2.24) is 5.32 Å². The zero-order chi connectivity index (χ0) is 11.1. The van der Waals surface area contributed by atoms with E-state index in [4.69, 9.17) is 5.26 Å². The average Bonchev–Trinajstić information content (AvgIpc) is 2.16. The smallest absolute Gasteiger partial charge is 0.224 e. The van der Waals surface area contributed by atoms with E-state index in [0.717, 1.165) is 25.7 Å². The van der Waals surface area contributed by atoms with Crippen LogP contribution in [0.2, 0.25) is 0 Å². The van der Waals surface area contributed by atoms with Gasteiger partial charge in [-0.25, -0.2) is 0 Å². The van der Waals surface area contributed by atoms with Gasteiger partial charge in [0.15, 0.2) is 0 Å². The van der Waals surface area contributed by atoms with Gasteiger partial charge in [-0.1, -0.05) is 32.1 Å². The normalized spacial score (nSPS) is 20.8. The Kier molecular flexibility index (Phi) is 5.17. The lowest BCUT2D eigenvalue weighted by atomic mass is 9.90. The Hall–Kier alpha value is -1.04. The first-order valence-corrected chi connectivity index (χ1v) is 5.94. The molecule has 0 aliphatic heterocycles. The maximum absolute atomic E-state index is 11.8. The second-order valence-corrected chi connectivity index (χ2v) is 4.40. The molecular formula is C12H20N2O.